The van der Waals surface area contributed by atoms with E-state index in [-0.39, 0.29) is 5.41 Å². The molecule has 4 heteroatoms. The van der Waals surface area contributed by atoms with Crippen LogP contribution in [0.4, 0.5) is 0 Å². The molecule has 1 aliphatic rings. The number of aromatic nitrogens is 2. The molecule has 0 bridgehead atoms. The van der Waals surface area contributed by atoms with E-state index in [4.69, 9.17) is 9.26 Å². The molecule has 0 spiro atoms. The van der Waals surface area contributed by atoms with Crippen LogP contribution in [0.25, 0.3) is 0 Å². The zero-order valence-corrected chi connectivity index (χ0v) is 9.93. The summed E-state index contributed by atoms with van der Waals surface area (Å²) in [6, 6.07) is 6.14. The molecular formula is C13H14N2O2. The zero-order valence-electron chi connectivity index (χ0n) is 9.93. The van der Waals surface area contributed by atoms with Crippen LogP contribution in [0.15, 0.2) is 29.1 Å². The van der Waals surface area contributed by atoms with E-state index in [0.29, 0.717) is 0 Å². The highest BCUT2D eigenvalue weighted by atomic mass is 16.5. The molecule has 1 aliphatic carbocycles. The van der Waals surface area contributed by atoms with Gasteiger partial charge in [0.25, 0.3) is 0 Å². The van der Waals surface area contributed by atoms with Gasteiger partial charge < -0.3 is 9.26 Å². The number of ether oxygens (including phenoxy) is 1. The van der Waals surface area contributed by atoms with Crippen molar-refractivity contribution >= 4 is 0 Å². The van der Waals surface area contributed by atoms with Crippen LogP contribution < -0.4 is 4.74 Å². The van der Waals surface area contributed by atoms with Crippen molar-refractivity contribution in [3.63, 3.8) is 0 Å². The summed E-state index contributed by atoms with van der Waals surface area (Å²) in [5.74, 6) is 1.66. The Bertz CT molecular complexity index is 530. The average Bonchev–Trinajstić information content (AvgIpc) is 2.97. The van der Waals surface area contributed by atoms with Crippen molar-refractivity contribution in [2.75, 3.05) is 7.11 Å². The highest BCUT2D eigenvalue weighted by molar-refractivity contribution is 5.47. The van der Waals surface area contributed by atoms with Gasteiger partial charge in [-0.25, -0.2) is 0 Å². The minimum absolute atomic E-state index is 0.0500. The van der Waals surface area contributed by atoms with Crippen molar-refractivity contribution in [2.24, 2.45) is 0 Å². The van der Waals surface area contributed by atoms with Gasteiger partial charge in [0.2, 0.25) is 6.39 Å². The van der Waals surface area contributed by atoms with E-state index >= 15 is 0 Å². The maximum absolute atomic E-state index is 5.29. The fourth-order valence-corrected chi connectivity index (χ4v) is 2.36. The van der Waals surface area contributed by atoms with Crippen LogP contribution in [0.2, 0.25) is 0 Å². The van der Waals surface area contributed by atoms with E-state index in [1.165, 1.54) is 17.5 Å². The van der Waals surface area contributed by atoms with E-state index < -0.39 is 0 Å². The molecule has 4 nitrogen and oxygen atoms in total. The van der Waals surface area contributed by atoms with E-state index in [9.17, 15) is 0 Å². The fraction of sp³-hybridized carbons (Fsp3) is 0.385. The summed E-state index contributed by atoms with van der Waals surface area (Å²) in [6.07, 6.45) is 3.53. The Kier molecular flexibility index (Phi) is 2.18. The molecule has 0 N–H and O–H groups in total. The number of methoxy groups -OCH3 is 1. The molecule has 3 rings (SSSR count). The van der Waals surface area contributed by atoms with Gasteiger partial charge >= 0.3 is 0 Å². The first kappa shape index (κ1) is 10.3. The van der Waals surface area contributed by atoms with Crippen molar-refractivity contribution < 1.29 is 9.26 Å². The largest absolute Gasteiger partial charge is 0.497 e. The smallest absolute Gasteiger partial charge is 0.213 e. The van der Waals surface area contributed by atoms with Crippen LogP contribution >= 0.6 is 0 Å². The lowest BCUT2D eigenvalue weighted by molar-refractivity contribution is 0.404. The number of hydrogen-bond acceptors (Lipinski definition) is 4. The first-order valence-electron chi connectivity index (χ1n) is 5.68. The van der Waals surface area contributed by atoms with Crippen LogP contribution in [0.3, 0.4) is 0 Å². The number of benzene rings is 1. The molecule has 1 aromatic carbocycles. The number of hydrogen-bond donors (Lipinski definition) is 0. The minimum atomic E-state index is -0.0500. The third-order valence-electron chi connectivity index (χ3n) is 3.50. The lowest BCUT2D eigenvalue weighted by atomic mass is 9.91. The monoisotopic (exact) mass is 230 g/mol. The first-order valence-corrected chi connectivity index (χ1v) is 5.68. The lowest BCUT2D eigenvalue weighted by Gasteiger charge is -2.15. The minimum Gasteiger partial charge on any atom is -0.497 e. The Morgan fingerprint density at radius 3 is 2.76 bits per heavy atom. The van der Waals surface area contributed by atoms with E-state index in [1.807, 2.05) is 6.07 Å². The van der Waals surface area contributed by atoms with Crippen LogP contribution in [0.5, 0.6) is 5.75 Å². The van der Waals surface area contributed by atoms with E-state index in [2.05, 4.69) is 29.2 Å². The van der Waals surface area contributed by atoms with Crippen molar-refractivity contribution in [1.29, 1.82) is 0 Å². The number of aryl methyl sites for hydroxylation is 1. The normalized spacial score (nSPS) is 16.8. The second-order valence-corrected chi connectivity index (χ2v) is 4.52. The summed E-state index contributed by atoms with van der Waals surface area (Å²) in [6.45, 7) is 2.11. The maximum Gasteiger partial charge on any atom is 0.213 e. The van der Waals surface area contributed by atoms with Crippen molar-refractivity contribution in [3.8, 4) is 5.75 Å². The van der Waals surface area contributed by atoms with Gasteiger partial charge in [0, 0.05) is 0 Å². The third kappa shape index (κ3) is 1.52. The van der Waals surface area contributed by atoms with Gasteiger partial charge in [-0.05, 0) is 43.0 Å². The van der Waals surface area contributed by atoms with Crippen LogP contribution in [-0.4, -0.2) is 17.3 Å². The maximum atomic E-state index is 5.29. The topological polar surface area (TPSA) is 48.2 Å². The second kappa shape index (κ2) is 3.58. The summed E-state index contributed by atoms with van der Waals surface area (Å²) in [7, 11) is 1.68. The molecule has 1 aromatic heterocycles. The molecule has 0 unspecified atom stereocenters. The highest BCUT2D eigenvalue weighted by Crippen LogP contribution is 2.53. The molecule has 17 heavy (non-hydrogen) atoms. The van der Waals surface area contributed by atoms with Crippen molar-refractivity contribution in [1.82, 2.24) is 10.1 Å². The Morgan fingerprint density at radius 1 is 1.35 bits per heavy atom. The predicted molar refractivity (Wildman–Crippen MR) is 62.0 cm³/mol. The number of nitrogens with zero attached hydrogens (tertiary/aromatic N) is 2. The fourth-order valence-electron chi connectivity index (χ4n) is 2.36. The zero-order chi connectivity index (χ0) is 11.9. The summed E-state index contributed by atoms with van der Waals surface area (Å²) in [4.78, 5) is 4.20. The molecule has 0 atom stereocenters. The molecular weight excluding hydrogens is 216 g/mol. The molecule has 88 valence electrons. The van der Waals surface area contributed by atoms with Crippen LogP contribution in [-0.2, 0) is 5.41 Å². The summed E-state index contributed by atoms with van der Waals surface area (Å²) in [5, 5.41) is 4.00. The molecule has 0 saturated heterocycles. The highest BCUT2D eigenvalue weighted by Gasteiger charge is 2.50. The SMILES string of the molecule is COc1ccc(C)c(C2(c3ncon3)CC2)c1. The molecule has 2 aromatic rings. The van der Waals surface area contributed by atoms with Crippen molar-refractivity contribution in [2.45, 2.75) is 25.2 Å². The Labute approximate surface area is 99.6 Å². The molecule has 1 saturated carbocycles. The summed E-state index contributed by atoms with van der Waals surface area (Å²) < 4.78 is 10.2. The van der Waals surface area contributed by atoms with Gasteiger partial charge in [0.05, 0.1) is 12.5 Å². The second-order valence-electron chi connectivity index (χ2n) is 4.52. The van der Waals surface area contributed by atoms with E-state index in [0.717, 1.165) is 24.4 Å². The molecule has 0 radical (unpaired) electrons. The Hall–Kier alpha value is -1.84. The van der Waals surface area contributed by atoms with Gasteiger partial charge in [0.15, 0.2) is 5.82 Å². The van der Waals surface area contributed by atoms with Crippen molar-refractivity contribution in [3.05, 3.63) is 41.5 Å². The summed E-state index contributed by atoms with van der Waals surface area (Å²) in [5.41, 5.74) is 2.44. The van der Waals surface area contributed by atoms with Crippen LogP contribution in [0, 0.1) is 6.92 Å². The number of rotatable bonds is 3. The van der Waals surface area contributed by atoms with E-state index in [1.54, 1.807) is 7.11 Å². The predicted octanol–water partition coefficient (Wildman–Crippen LogP) is 2.47. The first-order chi connectivity index (χ1) is 8.26. The molecule has 1 heterocycles. The molecule has 0 amide bonds. The summed E-state index contributed by atoms with van der Waals surface area (Å²) >= 11 is 0. The van der Waals surface area contributed by atoms with Gasteiger partial charge in [-0.3, -0.25) is 0 Å². The lowest BCUT2D eigenvalue weighted by Crippen LogP contribution is -2.12. The molecule has 1 fully saturated rings. The van der Waals surface area contributed by atoms with Gasteiger partial charge in [-0.1, -0.05) is 11.2 Å². The van der Waals surface area contributed by atoms with Gasteiger partial charge in [-0.15, -0.1) is 0 Å². The Morgan fingerprint density at radius 2 is 2.18 bits per heavy atom. The van der Waals surface area contributed by atoms with Gasteiger partial charge in [0.1, 0.15) is 5.75 Å². The molecule has 0 aliphatic heterocycles. The van der Waals surface area contributed by atoms with Gasteiger partial charge in [-0.2, -0.15) is 4.98 Å². The third-order valence-corrected chi connectivity index (χ3v) is 3.50. The average molecular weight is 230 g/mol. The standard InChI is InChI=1S/C13H14N2O2/c1-9-3-4-10(16-2)7-11(9)13(5-6-13)12-14-8-17-15-12/h3-4,7-8H,5-6H2,1-2H3. The van der Waals surface area contributed by atoms with Crippen LogP contribution in [0.1, 0.15) is 29.8 Å². The Balaban J connectivity index is 2.10. The quantitative estimate of drug-likeness (QED) is 0.812.